The molecule has 6 N–H and O–H groups in total. The van der Waals surface area contributed by atoms with Crippen LogP contribution in [-0.4, -0.2) is 28.3 Å². The zero-order valence-electron chi connectivity index (χ0n) is 13.2. The highest BCUT2D eigenvalue weighted by Gasteiger charge is 2.72. The second-order valence-corrected chi connectivity index (χ2v) is 8.32. The van der Waals surface area contributed by atoms with Crippen LogP contribution in [0.5, 0.6) is 0 Å². The molecule has 5 atom stereocenters. The van der Waals surface area contributed by atoms with Crippen molar-refractivity contribution in [1.82, 2.24) is 0 Å². The molecule has 0 unspecified atom stereocenters. The van der Waals surface area contributed by atoms with Crippen LogP contribution in [0.1, 0.15) is 57.8 Å². The van der Waals surface area contributed by atoms with Crippen molar-refractivity contribution in [3.05, 3.63) is 23.3 Å². The molecular formula is C18H27N3O. The molecule has 22 heavy (non-hydrogen) atoms. The molecular weight excluding hydrogens is 274 g/mol. The Morgan fingerprint density at radius 1 is 1.09 bits per heavy atom. The Morgan fingerprint density at radius 3 is 2.82 bits per heavy atom. The largest absolute Gasteiger partial charge is 0.357 e. The van der Waals surface area contributed by atoms with Gasteiger partial charge in [0, 0.05) is 6.04 Å². The molecule has 4 nitrogen and oxygen atoms in total. The van der Waals surface area contributed by atoms with Gasteiger partial charge in [0.2, 0.25) is 0 Å². The lowest BCUT2D eigenvalue weighted by molar-refractivity contribution is -0.133. The van der Waals surface area contributed by atoms with Gasteiger partial charge in [0.15, 0.2) is 0 Å². The lowest BCUT2D eigenvalue weighted by Gasteiger charge is -2.58. The van der Waals surface area contributed by atoms with Gasteiger partial charge < -0.3 is 21.9 Å². The Morgan fingerprint density at radius 2 is 1.95 bits per heavy atom. The van der Waals surface area contributed by atoms with Crippen molar-refractivity contribution in [2.75, 3.05) is 0 Å². The summed E-state index contributed by atoms with van der Waals surface area (Å²) in [5.41, 5.74) is 21.5. The third-order valence-corrected chi connectivity index (χ3v) is 7.63. The van der Waals surface area contributed by atoms with E-state index in [-0.39, 0.29) is 11.6 Å². The Labute approximate surface area is 132 Å². The standard InChI is InChI=1S/C18H27N3O/c19-14-5-8-18(21)16(14,20)7-4-13-11-12-3-1-2-6-15(12)9-10-17(13,18)22-15/h4,11,14H,1-3,5-10,19-21H2/t14-,15-,16-,17+,18-/m0/s1. The molecule has 5 rings (SSSR count). The maximum Gasteiger partial charge on any atom is 0.114 e. The van der Waals surface area contributed by atoms with Gasteiger partial charge >= 0.3 is 0 Å². The average Bonchev–Trinajstić information content (AvgIpc) is 2.96. The van der Waals surface area contributed by atoms with Crippen LogP contribution in [0.15, 0.2) is 23.3 Å². The number of fused-ring (bicyclic) bond motifs is 1. The minimum atomic E-state index is -0.526. The quantitative estimate of drug-likeness (QED) is 0.634. The molecule has 3 fully saturated rings. The van der Waals surface area contributed by atoms with E-state index in [1.165, 1.54) is 30.4 Å². The number of rotatable bonds is 0. The number of ether oxygens (including phenoxy) is 1. The van der Waals surface area contributed by atoms with Gasteiger partial charge in [-0.3, -0.25) is 0 Å². The van der Waals surface area contributed by atoms with E-state index < -0.39 is 16.7 Å². The van der Waals surface area contributed by atoms with Gasteiger partial charge in [-0.15, -0.1) is 0 Å². The molecule has 2 aliphatic heterocycles. The summed E-state index contributed by atoms with van der Waals surface area (Å²) in [6.07, 6.45) is 14.2. The van der Waals surface area contributed by atoms with E-state index >= 15 is 0 Å². The predicted molar refractivity (Wildman–Crippen MR) is 86.1 cm³/mol. The smallest absolute Gasteiger partial charge is 0.114 e. The molecule has 0 aromatic carbocycles. The normalized spacial score (nSPS) is 55.9. The Bertz CT molecular complexity index is 613. The second-order valence-electron chi connectivity index (χ2n) is 8.32. The molecule has 0 radical (unpaired) electrons. The Hall–Kier alpha value is -0.680. The molecule has 2 bridgehead atoms. The molecule has 5 aliphatic rings. The van der Waals surface area contributed by atoms with Crippen molar-refractivity contribution in [2.45, 2.75) is 86.1 Å². The fraction of sp³-hybridized carbons (Fsp3) is 0.778. The first-order chi connectivity index (χ1) is 10.5. The number of hydrogen-bond donors (Lipinski definition) is 3. The molecule has 2 heterocycles. The van der Waals surface area contributed by atoms with Crippen molar-refractivity contribution >= 4 is 0 Å². The third-order valence-electron chi connectivity index (χ3n) is 7.63. The van der Waals surface area contributed by atoms with E-state index in [4.69, 9.17) is 21.9 Å². The maximum absolute atomic E-state index is 7.03. The minimum absolute atomic E-state index is 0.0263. The van der Waals surface area contributed by atoms with E-state index in [0.29, 0.717) is 0 Å². The summed E-state index contributed by atoms with van der Waals surface area (Å²) >= 11 is 0. The molecule has 0 aromatic heterocycles. The minimum Gasteiger partial charge on any atom is -0.357 e. The van der Waals surface area contributed by atoms with Crippen LogP contribution in [0.2, 0.25) is 0 Å². The summed E-state index contributed by atoms with van der Waals surface area (Å²) in [6, 6.07) is -0.0263. The van der Waals surface area contributed by atoms with E-state index in [9.17, 15) is 0 Å². The summed E-state index contributed by atoms with van der Waals surface area (Å²) in [4.78, 5) is 0. The second kappa shape index (κ2) is 3.86. The zero-order chi connectivity index (χ0) is 15.2. The van der Waals surface area contributed by atoms with Crippen LogP contribution in [-0.2, 0) is 4.74 Å². The Balaban J connectivity index is 1.71. The summed E-state index contributed by atoms with van der Waals surface area (Å²) in [5, 5.41) is 0. The van der Waals surface area contributed by atoms with Gasteiger partial charge in [0.1, 0.15) is 5.60 Å². The highest BCUT2D eigenvalue weighted by atomic mass is 16.5. The van der Waals surface area contributed by atoms with Crippen LogP contribution in [0, 0.1) is 0 Å². The first-order valence-corrected chi connectivity index (χ1v) is 8.91. The summed E-state index contributed by atoms with van der Waals surface area (Å²) in [5.74, 6) is 0. The first kappa shape index (κ1) is 13.7. The van der Waals surface area contributed by atoms with Crippen LogP contribution in [0.4, 0.5) is 0 Å². The molecule has 120 valence electrons. The van der Waals surface area contributed by atoms with Crippen molar-refractivity contribution in [3.8, 4) is 0 Å². The van der Waals surface area contributed by atoms with Crippen molar-refractivity contribution in [3.63, 3.8) is 0 Å². The van der Waals surface area contributed by atoms with E-state index in [1.807, 2.05) is 0 Å². The fourth-order valence-electron chi connectivity index (χ4n) is 6.23. The molecule has 2 saturated carbocycles. The molecule has 3 aliphatic carbocycles. The summed E-state index contributed by atoms with van der Waals surface area (Å²) in [6.45, 7) is 0. The summed E-state index contributed by atoms with van der Waals surface area (Å²) < 4.78 is 6.91. The molecule has 0 amide bonds. The van der Waals surface area contributed by atoms with Gasteiger partial charge in [-0.1, -0.05) is 12.2 Å². The molecule has 2 spiro atoms. The fourth-order valence-corrected chi connectivity index (χ4v) is 6.23. The number of hydrogen-bond acceptors (Lipinski definition) is 4. The van der Waals surface area contributed by atoms with Crippen molar-refractivity contribution in [1.29, 1.82) is 0 Å². The Kier molecular flexibility index (Phi) is 2.41. The zero-order valence-corrected chi connectivity index (χ0v) is 13.2. The average molecular weight is 301 g/mol. The van der Waals surface area contributed by atoms with Gasteiger partial charge in [-0.25, -0.2) is 0 Å². The maximum atomic E-state index is 7.03. The van der Waals surface area contributed by atoms with E-state index in [1.54, 1.807) is 0 Å². The van der Waals surface area contributed by atoms with E-state index in [0.717, 1.165) is 38.5 Å². The topological polar surface area (TPSA) is 87.3 Å². The van der Waals surface area contributed by atoms with Crippen LogP contribution in [0.3, 0.4) is 0 Å². The van der Waals surface area contributed by atoms with Crippen LogP contribution in [0.25, 0.3) is 0 Å². The van der Waals surface area contributed by atoms with Gasteiger partial charge in [0.25, 0.3) is 0 Å². The molecule has 0 aromatic rings. The lowest BCUT2D eigenvalue weighted by atomic mass is 9.59. The third kappa shape index (κ3) is 1.24. The predicted octanol–water partition coefficient (Wildman–Crippen LogP) is 1.63. The van der Waals surface area contributed by atoms with Gasteiger partial charge in [-0.05, 0) is 68.9 Å². The monoisotopic (exact) mass is 301 g/mol. The summed E-state index contributed by atoms with van der Waals surface area (Å²) in [7, 11) is 0. The van der Waals surface area contributed by atoms with Crippen molar-refractivity contribution < 1.29 is 4.74 Å². The first-order valence-electron chi connectivity index (χ1n) is 8.91. The van der Waals surface area contributed by atoms with Crippen molar-refractivity contribution in [2.24, 2.45) is 17.2 Å². The lowest BCUT2D eigenvalue weighted by Crippen LogP contribution is -2.79. The molecule has 4 heteroatoms. The molecule has 1 saturated heterocycles. The highest BCUT2D eigenvalue weighted by molar-refractivity contribution is 5.52. The SMILES string of the molecule is N[C@H]1CC[C@@]2(N)[C@@]34CC[C@]5(CCCCC5=CC3=CC[C@]12N)O4. The number of nitrogens with two attached hydrogens (primary N) is 3. The highest BCUT2D eigenvalue weighted by Crippen LogP contribution is 2.64. The van der Waals surface area contributed by atoms with Crippen LogP contribution >= 0.6 is 0 Å². The van der Waals surface area contributed by atoms with Gasteiger partial charge in [-0.2, -0.15) is 0 Å². The van der Waals surface area contributed by atoms with Gasteiger partial charge in [0.05, 0.1) is 16.7 Å². The van der Waals surface area contributed by atoms with Crippen LogP contribution < -0.4 is 17.2 Å². The van der Waals surface area contributed by atoms with E-state index in [2.05, 4.69) is 12.2 Å².